The quantitative estimate of drug-likeness (QED) is 0.872. The summed E-state index contributed by atoms with van der Waals surface area (Å²) in [6.45, 7) is 4.83. The number of benzene rings is 1. The number of hydrogen-bond acceptors (Lipinski definition) is 2. The molecule has 1 N–H and O–H groups in total. The molecule has 1 aromatic carbocycles. The molecular weight excluding hydrogens is 272 g/mol. The van der Waals surface area contributed by atoms with E-state index in [0.29, 0.717) is 13.0 Å². The highest BCUT2D eigenvalue weighted by Gasteiger charge is 2.25. The van der Waals surface area contributed by atoms with Crippen molar-refractivity contribution in [3.63, 3.8) is 0 Å². The number of nitrogens with one attached hydrogen (secondary N) is 1. The van der Waals surface area contributed by atoms with Crippen molar-refractivity contribution >= 4 is 17.5 Å². The maximum Gasteiger partial charge on any atom is 0.220 e. The summed E-state index contributed by atoms with van der Waals surface area (Å²) in [4.78, 5) is 14.1. The fraction of sp³-hybridized carbons (Fsp3) is 0.562. The third-order valence-electron chi connectivity index (χ3n) is 3.82. The number of hydrogen-bond donors (Lipinski definition) is 1. The predicted molar refractivity (Wildman–Crippen MR) is 82.9 cm³/mol. The smallest absolute Gasteiger partial charge is 0.220 e. The zero-order valence-electron chi connectivity index (χ0n) is 12.1. The molecule has 1 saturated heterocycles. The highest BCUT2D eigenvalue weighted by Crippen LogP contribution is 2.29. The molecule has 0 aromatic heterocycles. The molecule has 0 radical (unpaired) electrons. The van der Waals surface area contributed by atoms with Crippen LogP contribution in [0, 0.1) is 0 Å². The summed E-state index contributed by atoms with van der Waals surface area (Å²) < 4.78 is 0. The van der Waals surface area contributed by atoms with E-state index < -0.39 is 0 Å². The number of rotatable bonds is 6. The van der Waals surface area contributed by atoms with Gasteiger partial charge in [0.15, 0.2) is 0 Å². The van der Waals surface area contributed by atoms with Crippen molar-refractivity contribution < 1.29 is 4.79 Å². The number of carbonyl (C=O) groups is 1. The summed E-state index contributed by atoms with van der Waals surface area (Å²) in [5, 5.41) is 3.83. The summed E-state index contributed by atoms with van der Waals surface area (Å²) in [5.41, 5.74) is 1.12. The van der Waals surface area contributed by atoms with Crippen LogP contribution in [0.25, 0.3) is 0 Å². The van der Waals surface area contributed by atoms with Crippen LogP contribution in [0.4, 0.5) is 0 Å². The lowest BCUT2D eigenvalue weighted by molar-refractivity contribution is -0.121. The van der Waals surface area contributed by atoms with Gasteiger partial charge < -0.3 is 5.32 Å². The van der Waals surface area contributed by atoms with E-state index in [0.717, 1.165) is 30.1 Å². The average molecular weight is 295 g/mol. The maximum atomic E-state index is 11.7. The lowest BCUT2D eigenvalue weighted by Crippen LogP contribution is -2.36. The van der Waals surface area contributed by atoms with Gasteiger partial charge in [0.1, 0.15) is 0 Å². The summed E-state index contributed by atoms with van der Waals surface area (Å²) >= 11 is 6.33. The van der Waals surface area contributed by atoms with Crippen LogP contribution in [0.3, 0.4) is 0 Å². The molecule has 0 aliphatic carbocycles. The average Bonchev–Trinajstić information content (AvgIpc) is 2.95. The molecule has 1 aliphatic heterocycles. The summed E-state index contributed by atoms with van der Waals surface area (Å²) in [6.07, 6.45) is 3.93. The molecule has 0 saturated carbocycles. The van der Waals surface area contributed by atoms with Crippen molar-refractivity contribution in [1.29, 1.82) is 0 Å². The third-order valence-corrected chi connectivity index (χ3v) is 4.16. The molecule has 0 bridgehead atoms. The first-order valence-corrected chi connectivity index (χ1v) is 7.85. The van der Waals surface area contributed by atoms with Crippen molar-refractivity contribution in [3.8, 4) is 0 Å². The Bertz CT molecular complexity index is 444. The van der Waals surface area contributed by atoms with Crippen molar-refractivity contribution in [2.24, 2.45) is 0 Å². The fourth-order valence-electron chi connectivity index (χ4n) is 2.76. The Hall–Kier alpha value is -1.06. The Balaban J connectivity index is 2.08. The number of carbonyl (C=O) groups excluding carboxylic acids is 1. The minimum atomic E-state index is 0.128. The minimum absolute atomic E-state index is 0.128. The molecule has 20 heavy (non-hydrogen) atoms. The van der Waals surface area contributed by atoms with E-state index in [2.05, 4.69) is 16.3 Å². The first kappa shape index (κ1) is 15.3. The van der Waals surface area contributed by atoms with Gasteiger partial charge in [0.05, 0.1) is 6.04 Å². The molecule has 1 fully saturated rings. The van der Waals surface area contributed by atoms with E-state index in [1.165, 1.54) is 12.8 Å². The van der Waals surface area contributed by atoms with Crippen molar-refractivity contribution in [3.05, 3.63) is 34.9 Å². The van der Waals surface area contributed by atoms with Crippen LogP contribution in [0.5, 0.6) is 0 Å². The van der Waals surface area contributed by atoms with Crippen LogP contribution in [-0.4, -0.2) is 30.4 Å². The molecule has 2 rings (SSSR count). The van der Waals surface area contributed by atoms with Gasteiger partial charge in [-0.2, -0.15) is 0 Å². The lowest BCUT2D eigenvalue weighted by atomic mass is 10.1. The van der Waals surface area contributed by atoms with Gasteiger partial charge in [-0.1, -0.05) is 36.7 Å². The van der Waals surface area contributed by atoms with E-state index in [4.69, 9.17) is 11.6 Å². The zero-order chi connectivity index (χ0) is 14.4. The number of amides is 1. The van der Waals surface area contributed by atoms with E-state index in [-0.39, 0.29) is 11.9 Å². The maximum absolute atomic E-state index is 11.7. The minimum Gasteiger partial charge on any atom is -0.354 e. The Labute approximate surface area is 126 Å². The molecule has 1 amide bonds. The Kier molecular flexibility index (Phi) is 5.86. The molecule has 1 aliphatic rings. The molecule has 3 nitrogen and oxygen atoms in total. The fourth-order valence-corrected chi connectivity index (χ4v) is 3.02. The Morgan fingerprint density at radius 2 is 2.05 bits per heavy atom. The Morgan fingerprint density at radius 3 is 2.70 bits per heavy atom. The molecule has 1 aromatic rings. The van der Waals surface area contributed by atoms with Gasteiger partial charge >= 0.3 is 0 Å². The van der Waals surface area contributed by atoms with Crippen LogP contribution in [0.1, 0.15) is 44.2 Å². The highest BCUT2D eigenvalue weighted by molar-refractivity contribution is 6.31. The van der Waals surface area contributed by atoms with Gasteiger partial charge in [0, 0.05) is 18.0 Å². The second kappa shape index (κ2) is 7.65. The van der Waals surface area contributed by atoms with Crippen LogP contribution >= 0.6 is 11.6 Å². The van der Waals surface area contributed by atoms with Gasteiger partial charge in [0.25, 0.3) is 0 Å². The number of likely N-dealkylation sites (tertiary alicyclic amines) is 1. The monoisotopic (exact) mass is 294 g/mol. The van der Waals surface area contributed by atoms with Gasteiger partial charge in [-0.25, -0.2) is 0 Å². The van der Waals surface area contributed by atoms with Crippen LogP contribution in [0.2, 0.25) is 5.02 Å². The van der Waals surface area contributed by atoms with Crippen LogP contribution in [0.15, 0.2) is 24.3 Å². The second-order valence-corrected chi connectivity index (χ2v) is 5.74. The zero-order valence-corrected chi connectivity index (χ0v) is 12.8. The first-order valence-electron chi connectivity index (χ1n) is 7.47. The van der Waals surface area contributed by atoms with Crippen LogP contribution < -0.4 is 5.32 Å². The Morgan fingerprint density at radius 1 is 1.35 bits per heavy atom. The highest BCUT2D eigenvalue weighted by atomic mass is 35.5. The standard InChI is InChI=1S/C16H23ClN2O/c1-2-7-16(20)18-12-15(19-10-5-6-11-19)13-8-3-4-9-14(13)17/h3-4,8-9,15H,2,5-7,10-12H2,1H3,(H,18,20)/t15-/m1/s1. The lowest BCUT2D eigenvalue weighted by Gasteiger charge is -2.29. The molecule has 110 valence electrons. The molecule has 0 unspecified atom stereocenters. The topological polar surface area (TPSA) is 32.3 Å². The molecule has 4 heteroatoms. The molecule has 0 spiro atoms. The SMILES string of the molecule is CCCC(=O)NC[C@H](c1ccccc1Cl)N1CCCC1. The van der Waals surface area contributed by atoms with Crippen LogP contribution in [-0.2, 0) is 4.79 Å². The largest absolute Gasteiger partial charge is 0.354 e. The van der Waals surface area contributed by atoms with Crippen molar-refractivity contribution in [2.75, 3.05) is 19.6 Å². The van der Waals surface area contributed by atoms with Gasteiger partial charge in [-0.05, 0) is 44.0 Å². The first-order chi connectivity index (χ1) is 9.72. The van der Waals surface area contributed by atoms with Gasteiger partial charge in [0.2, 0.25) is 5.91 Å². The summed E-state index contributed by atoms with van der Waals surface area (Å²) in [6, 6.07) is 8.14. The normalized spacial score (nSPS) is 17.1. The summed E-state index contributed by atoms with van der Waals surface area (Å²) in [7, 11) is 0. The second-order valence-electron chi connectivity index (χ2n) is 5.33. The van der Waals surface area contributed by atoms with Gasteiger partial charge in [-0.15, -0.1) is 0 Å². The van der Waals surface area contributed by atoms with E-state index in [1.807, 2.05) is 25.1 Å². The summed E-state index contributed by atoms with van der Waals surface area (Å²) in [5.74, 6) is 0.128. The number of halogens is 1. The molecular formula is C16H23ClN2O. The predicted octanol–water partition coefficient (Wildman–Crippen LogP) is 3.39. The third kappa shape index (κ3) is 3.97. The van der Waals surface area contributed by atoms with E-state index >= 15 is 0 Å². The molecule has 1 atom stereocenters. The number of nitrogens with zero attached hydrogens (tertiary/aromatic N) is 1. The van der Waals surface area contributed by atoms with E-state index in [9.17, 15) is 4.79 Å². The van der Waals surface area contributed by atoms with Crippen molar-refractivity contribution in [2.45, 2.75) is 38.6 Å². The van der Waals surface area contributed by atoms with E-state index in [1.54, 1.807) is 0 Å². The van der Waals surface area contributed by atoms with Gasteiger partial charge in [-0.3, -0.25) is 9.69 Å². The van der Waals surface area contributed by atoms with Crippen molar-refractivity contribution in [1.82, 2.24) is 10.2 Å². The molecule has 1 heterocycles.